The van der Waals surface area contributed by atoms with Crippen molar-refractivity contribution in [1.82, 2.24) is 0 Å². The standard InChI is InChI=1S/C27H40N2O5/c1-17(28)10-25(3,18(2)29)23(30)34-27-13-20-9-21(14-27)12-26(11-20,16-27)24(31)33-22-7-5-19(6-8-22)15-32-4/h5-8,17-18,20-21H,9-16,28-29H2,1-4H3. The molecule has 0 spiro atoms. The first kappa shape index (κ1) is 25.1. The first-order valence-electron chi connectivity index (χ1n) is 12.5. The molecular formula is C27H40N2O5. The van der Waals surface area contributed by atoms with Crippen LogP contribution in [0.25, 0.3) is 0 Å². The molecule has 4 fully saturated rings. The maximum atomic E-state index is 13.5. The van der Waals surface area contributed by atoms with Gasteiger partial charge in [-0.1, -0.05) is 12.1 Å². The lowest BCUT2D eigenvalue weighted by atomic mass is 9.48. The molecule has 4 aliphatic rings. The summed E-state index contributed by atoms with van der Waals surface area (Å²) in [5.41, 5.74) is 11.2. The van der Waals surface area contributed by atoms with Crippen LogP contribution >= 0.6 is 0 Å². The molecule has 0 aliphatic heterocycles. The minimum Gasteiger partial charge on any atom is -0.459 e. The van der Waals surface area contributed by atoms with E-state index in [1.165, 1.54) is 0 Å². The Balaban J connectivity index is 1.53. The van der Waals surface area contributed by atoms with Gasteiger partial charge < -0.3 is 25.7 Å². The third-order valence-electron chi connectivity index (χ3n) is 8.41. The van der Waals surface area contributed by atoms with E-state index in [0.29, 0.717) is 37.0 Å². The van der Waals surface area contributed by atoms with Gasteiger partial charge in [-0.25, -0.2) is 0 Å². The number of carbonyl (C=O) groups is 2. The Bertz CT molecular complexity index is 898. The fourth-order valence-electron chi connectivity index (χ4n) is 7.01. The molecule has 5 unspecified atom stereocenters. The number of benzene rings is 1. The van der Waals surface area contributed by atoms with E-state index in [1.807, 2.05) is 45.0 Å². The maximum absolute atomic E-state index is 13.5. The van der Waals surface area contributed by atoms with Gasteiger partial charge in [0.25, 0.3) is 0 Å². The second-order valence-corrected chi connectivity index (χ2v) is 11.7. The van der Waals surface area contributed by atoms with Crippen LogP contribution in [0, 0.1) is 22.7 Å². The van der Waals surface area contributed by atoms with Gasteiger partial charge in [-0.2, -0.15) is 0 Å². The average molecular weight is 473 g/mol. The predicted molar refractivity (Wildman–Crippen MR) is 129 cm³/mol. The van der Waals surface area contributed by atoms with Crippen molar-refractivity contribution in [2.75, 3.05) is 7.11 Å². The van der Waals surface area contributed by atoms with Crippen LogP contribution in [0.1, 0.15) is 71.3 Å². The van der Waals surface area contributed by atoms with Crippen molar-refractivity contribution in [3.63, 3.8) is 0 Å². The number of ether oxygens (including phenoxy) is 3. The zero-order chi connectivity index (χ0) is 24.7. The fourth-order valence-corrected chi connectivity index (χ4v) is 7.01. The highest BCUT2D eigenvalue weighted by Crippen LogP contribution is 2.63. The zero-order valence-corrected chi connectivity index (χ0v) is 21.0. The van der Waals surface area contributed by atoms with Gasteiger partial charge in [-0.15, -0.1) is 0 Å². The molecule has 188 valence electrons. The summed E-state index contributed by atoms with van der Waals surface area (Å²) in [6.07, 6.45) is 5.28. The lowest BCUT2D eigenvalue weighted by molar-refractivity contribution is -0.216. The van der Waals surface area contributed by atoms with Gasteiger partial charge in [0.2, 0.25) is 0 Å². The first-order valence-corrected chi connectivity index (χ1v) is 12.5. The third-order valence-corrected chi connectivity index (χ3v) is 8.41. The summed E-state index contributed by atoms with van der Waals surface area (Å²) in [7, 11) is 1.65. The Kier molecular flexibility index (Phi) is 6.84. The number of nitrogens with two attached hydrogens (primary N) is 2. The van der Waals surface area contributed by atoms with Crippen LogP contribution in [0.4, 0.5) is 0 Å². The highest BCUT2D eigenvalue weighted by Gasteiger charge is 2.63. The molecule has 4 N–H and O–H groups in total. The highest BCUT2D eigenvalue weighted by atomic mass is 16.6. The van der Waals surface area contributed by atoms with Gasteiger partial charge >= 0.3 is 11.9 Å². The largest absolute Gasteiger partial charge is 0.459 e. The van der Waals surface area contributed by atoms with Crippen molar-refractivity contribution in [3.05, 3.63) is 29.8 Å². The van der Waals surface area contributed by atoms with Crippen LogP contribution in [0.2, 0.25) is 0 Å². The van der Waals surface area contributed by atoms with E-state index >= 15 is 0 Å². The van der Waals surface area contributed by atoms with E-state index in [4.69, 9.17) is 25.7 Å². The topological polar surface area (TPSA) is 114 Å². The molecule has 0 radical (unpaired) electrons. The average Bonchev–Trinajstić information content (AvgIpc) is 2.73. The molecule has 5 rings (SSSR count). The third kappa shape index (κ3) is 4.75. The van der Waals surface area contributed by atoms with Crippen molar-refractivity contribution >= 4 is 11.9 Å². The van der Waals surface area contributed by atoms with E-state index < -0.39 is 16.4 Å². The Morgan fingerprint density at radius 1 is 1.09 bits per heavy atom. The number of hydrogen-bond acceptors (Lipinski definition) is 7. The summed E-state index contributed by atoms with van der Waals surface area (Å²) in [4.78, 5) is 27.0. The molecule has 5 atom stereocenters. The number of methoxy groups -OCH3 is 1. The van der Waals surface area contributed by atoms with E-state index in [2.05, 4.69) is 0 Å². The Morgan fingerprint density at radius 3 is 2.24 bits per heavy atom. The van der Waals surface area contributed by atoms with Crippen molar-refractivity contribution in [3.8, 4) is 5.75 Å². The molecule has 0 heterocycles. The summed E-state index contributed by atoms with van der Waals surface area (Å²) >= 11 is 0. The molecule has 7 heteroatoms. The molecule has 7 nitrogen and oxygen atoms in total. The van der Waals surface area contributed by atoms with E-state index in [-0.39, 0.29) is 24.0 Å². The Labute approximate surface area is 202 Å². The normalized spacial score (nSPS) is 33.1. The van der Waals surface area contributed by atoms with Gasteiger partial charge in [0, 0.05) is 25.6 Å². The summed E-state index contributed by atoms with van der Waals surface area (Å²) in [5.74, 6) is 0.764. The summed E-state index contributed by atoms with van der Waals surface area (Å²) in [6, 6.07) is 6.87. The fraction of sp³-hybridized carbons (Fsp3) is 0.704. The van der Waals surface area contributed by atoms with E-state index in [9.17, 15) is 9.59 Å². The number of esters is 2. The van der Waals surface area contributed by atoms with Crippen molar-refractivity contribution in [1.29, 1.82) is 0 Å². The van der Waals surface area contributed by atoms with Gasteiger partial charge in [0.15, 0.2) is 0 Å². The summed E-state index contributed by atoms with van der Waals surface area (Å²) in [6.45, 7) is 6.07. The van der Waals surface area contributed by atoms with Crippen molar-refractivity contribution in [2.45, 2.75) is 90.0 Å². The van der Waals surface area contributed by atoms with Gasteiger partial charge in [0.05, 0.1) is 17.4 Å². The number of carbonyl (C=O) groups excluding carboxylic acids is 2. The lowest BCUT2D eigenvalue weighted by Gasteiger charge is -2.60. The lowest BCUT2D eigenvalue weighted by Crippen LogP contribution is -2.61. The molecule has 4 saturated carbocycles. The van der Waals surface area contributed by atoms with Gasteiger partial charge in [-0.05, 0) is 88.8 Å². The van der Waals surface area contributed by atoms with E-state index in [1.54, 1.807) is 7.11 Å². The van der Waals surface area contributed by atoms with Crippen LogP contribution in [0.5, 0.6) is 5.75 Å². The molecule has 1 aromatic rings. The van der Waals surface area contributed by atoms with Crippen LogP contribution in [0.3, 0.4) is 0 Å². The quantitative estimate of drug-likeness (QED) is 0.416. The monoisotopic (exact) mass is 472 g/mol. The second-order valence-electron chi connectivity index (χ2n) is 11.7. The molecule has 1 aromatic carbocycles. The molecule has 34 heavy (non-hydrogen) atoms. The predicted octanol–water partition coefficient (Wildman–Crippen LogP) is 3.71. The number of hydrogen-bond donors (Lipinski definition) is 2. The van der Waals surface area contributed by atoms with Crippen molar-refractivity contribution in [2.24, 2.45) is 34.1 Å². The zero-order valence-electron chi connectivity index (χ0n) is 21.0. The molecule has 4 aliphatic carbocycles. The Morgan fingerprint density at radius 2 is 1.71 bits per heavy atom. The molecule has 4 bridgehead atoms. The van der Waals surface area contributed by atoms with Crippen LogP contribution in [0.15, 0.2) is 24.3 Å². The minimum absolute atomic E-state index is 0.170. The smallest absolute Gasteiger partial charge is 0.317 e. The van der Waals surface area contributed by atoms with Crippen LogP contribution in [-0.4, -0.2) is 36.7 Å². The first-order chi connectivity index (χ1) is 16.0. The van der Waals surface area contributed by atoms with Crippen LogP contribution < -0.4 is 16.2 Å². The molecule has 0 saturated heterocycles. The molecule has 0 amide bonds. The number of rotatable bonds is 9. The SMILES string of the molecule is COCc1ccc(OC(=O)C23CC4CC(CC(OC(=O)C(C)(CC(C)N)C(C)N)(C4)C2)C3)cc1. The minimum atomic E-state index is -0.866. The van der Waals surface area contributed by atoms with Gasteiger partial charge in [0.1, 0.15) is 11.4 Å². The van der Waals surface area contributed by atoms with Crippen molar-refractivity contribution < 1.29 is 23.8 Å². The highest BCUT2D eigenvalue weighted by molar-refractivity contribution is 5.81. The molecule has 0 aromatic heterocycles. The van der Waals surface area contributed by atoms with Gasteiger partial charge in [-0.3, -0.25) is 9.59 Å². The Hall–Kier alpha value is -1.96. The maximum Gasteiger partial charge on any atom is 0.317 e. The summed E-state index contributed by atoms with van der Waals surface area (Å²) in [5, 5.41) is 0. The molecular weight excluding hydrogens is 432 g/mol. The van der Waals surface area contributed by atoms with E-state index in [0.717, 1.165) is 37.7 Å². The second kappa shape index (κ2) is 9.25. The van der Waals surface area contributed by atoms with Crippen LogP contribution in [-0.2, 0) is 25.7 Å². The summed E-state index contributed by atoms with van der Waals surface area (Å²) < 4.78 is 17.4.